The van der Waals surface area contributed by atoms with Crippen LogP contribution >= 0.6 is 11.6 Å². The molecule has 0 radical (unpaired) electrons. The maximum atomic E-state index is 13.7. The quantitative estimate of drug-likeness (QED) is 0.683. The summed E-state index contributed by atoms with van der Waals surface area (Å²) in [6, 6.07) is 8.76. The molecule has 170 valence electrons. The number of aromatic nitrogens is 1. The standard InChI is InChI=1S/C23H26ClN3O5/c1-14-13-17-19(22(28)27(14)8-7-26-9-11-31-12-10-26)18(15-3-5-16(24)6-4-15)20(21(25)32-17)23(29)30-2/h3-6,13,18H,7-12,25H2,1-2H3/t18-/m0/s1. The van der Waals surface area contributed by atoms with Gasteiger partial charge >= 0.3 is 5.97 Å². The Bertz CT molecular complexity index is 1100. The molecule has 2 aromatic rings. The number of carbonyl (C=O) groups is 1. The number of rotatable bonds is 5. The second kappa shape index (κ2) is 9.36. The number of benzene rings is 1. The Hall–Kier alpha value is -2.81. The van der Waals surface area contributed by atoms with E-state index in [0.29, 0.717) is 41.7 Å². The first kappa shape index (κ1) is 22.4. The van der Waals surface area contributed by atoms with E-state index in [0.717, 1.165) is 25.3 Å². The van der Waals surface area contributed by atoms with Crippen molar-refractivity contribution in [2.24, 2.45) is 5.73 Å². The Labute approximate surface area is 191 Å². The van der Waals surface area contributed by atoms with E-state index in [4.69, 9.17) is 31.5 Å². The van der Waals surface area contributed by atoms with Crippen molar-refractivity contribution in [2.45, 2.75) is 19.4 Å². The molecule has 1 fully saturated rings. The molecule has 0 amide bonds. The number of nitrogens with two attached hydrogens (primary N) is 1. The zero-order valence-corrected chi connectivity index (χ0v) is 18.9. The fraction of sp³-hybridized carbons (Fsp3) is 0.391. The summed E-state index contributed by atoms with van der Waals surface area (Å²) >= 11 is 6.07. The number of aryl methyl sites for hydroxylation is 1. The van der Waals surface area contributed by atoms with Crippen LogP contribution in [-0.4, -0.2) is 55.4 Å². The zero-order valence-electron chi connectivity index (χ0n) is 18.1. The van der Waals surface area contributed by atoms with Gasteiger partial charge in [0.25, 0.3) is 5.56 Å². The fourth-order valence-electron chi connectivity index (χ4n) is 4.23. The van der Waals surface area contributed by atoms with E-state index in [-0.39, 0.29) is 17.0 Å². The van der Waals surface area contributed by atoms with Crippen LogP contribution in [-0.2, 0) is 20.8 Å². The molecule has 8 nitrogen and oxygen atoms in total. The molecule has 0 spiro atoms. The van der Waals surface area contributed by atoms with Gasteiger partial charge in [-0.05, 0) is 24.6 Å². The summed E-state index contributed by atoms with van der Waals surface area (Å²) in [5.74, 6) is -1.10. The molecular weight excluding hydrogens is 434 g/mol. The minimum atomic E-state index is -0.730. The molecule has 2 aliphatic rings. The molecule has 3 heterocycles. The van der Waals surface area contributed by atoms with Crippen molar-refractivity contribution < 1.29 is 19.0 Å². The predicted octanol–water partition coefficient (Wildman–Crippen LogP) is 2.01. The van der Waals surface area contributed by atoms with Gasteiger partial charge in [-0.3, -0.25) is 9.69 Å². The van der Waals surface area contributed by atoms with Crippen LogP contribution < -0.4 is 16.0 Å². The van der Waals surface area contributed by atoms with E-state index in [1.54, 1.807) is 34.9 Å². The molecule has 1 atom stereocenters. The molecule has 1 aromatic carbocycles. The molecule has 32 heavy (non-hydrogen) atoms. The number of morpholine rings is 1. The van der Waals surface area contributed by atoms with E-state index < -0.39 is 11.9 Å². The highest BCUT2D eigenvalue weighted by Crippen LogP contribution is 2.41. The van der Waals surface area contributed by atoms with Gasteiger partial charge in [0.15, 0.2) is 0 Å². The van der Waals surface area contributed by atoms with Gasteiger partial charge in [-0.1, -0.05) is 23.7 Å². The number of pyridine rings is 1. The summed E-state index contributed by atoms with van der Waals surface area (Å²) in [4.78, 5) is 28.6. The number of ether oxygens (including phenoxy) is 3. The largest absolute Gasteiger partial charge is 0.465 e. The summed E-state index contributed by atoms with van der Waals surface area (Å²) < 4.78 is 17.8. The number of hydrogen-bond donors (Lipinski definition) is 1. The Morgan fingerprint density at radius 3 is 2.56 bits per heavy atom. The van der Waals surface area contributed by atoms with Gasteiger partial charge in [-0.25, -0.2) is 4.79 Å². The van der Waals surface area contributed by atoms with Crippen molar-refractivity contribution in [1.82, 2.24) is 9.47 Å². The average Bonchev–Trinajstić information content (AvgIpc) is 2.79. The van der Waals surface area contributed by atoms with Gasteiger partial charge < -0.3 is 24.5 Å². The zero-order chi connectivity index (χ0) is 22.8. The number of halogens is 1. The summed E-state index contributed by atoms with van der Waals surface area (Å²) in [7, 11) is 1.27. The average molecular weight is 460 g/mol. The minimum Gasteiger partial charge on any atom is -0.465 e. The van der Waals surface area contributed by atoms with Crippen molar-refractivity contribution in [3.05, 3.63) is 74.0 Å². The summed E-state index contributed by atoms with van der Waals surface area (Å²) in [6.45, 7) is 6.14. The minimum absolute atomic E-state index is 0.0748. The molecular formula is C23H26ClN3O5. The Morgan fingerprint density at radius 1 is 1.22 bits per heavy atom. The predicted molar refractivity (Wildman–Crippen MR) is 120 cm³/mol. The number of nitrogens with zero attached hydrogens (tertiary/aromatic N) is 2. The van der Waals surface area contributed by atoms with Crippen LogP contribution in [0.3, 0.4) is 0 Å². The van der Waals surface area contributed by atoms with Crippen LogP contribution in [0.25, 0.3) is 0 Å². The first-order valence-corrected chi connectivity index (χ1v) is 10.8. The van der Waals surface area contributed by atoms with Crippen LogP contribution in [0.5, 0.6) is 5.75 Å². The molecule has 2 aliphatic heterocycles. The van der Waals surface area contributed by atoms with Crippen molar-refractivity contribution in [1.29, 1.82) is 0 Å². The van der Waals surface area contributed by atoms with Crippen LogP contribution in [0.1, 0.15) is 22.7 Å². The second-order valence-electron chi connectivity index (χ2n) is 7.83. The van der Waals surface area contributed by atoms with Crippen LogP contribution in [0.4, 0.5) is 0 Å². The second-order valence-corrected chi connectivity index (χ2v) is 8.27. The Morgan fingerprint density at radius 2 is 1.91 bits per heavy atom. The number of carbonyl (C=O) groups excluding carboxylic acids is 1. The highest BCUT2D eigenvalue weighted by molar-refractivity contribution is 6.30. The maximum Gasteiger partial charge on any atom is 0.340 e. The third kappa shape index (κ3) is 4.26. The van der Waals surface area contributed by atoms with Crippen LogP contribution in [0.2, 0.25) is 5.02 Å². The van der Waals surface area contributed by atoms with E-state index in [1.165, 1.54) is 7.11 Å². The van der Waals surface area contributed by atoms with E-state index >= 15 is 0 Å². The molecule has 4 rings (SSSR count). The molecule has 0 bridgehead atoms. The normalized spacial score (nSPS) is 18.8. The lowest BCUT2D eigenvalue weighted by Gasteiger charge is -2.30. The van der Waals surface area contributed by atoms with Gasteiger partial charge in [0, 0.05) is 43.0 Å². The Balaban J connectivity index is 1.80. The fourth-order valence-corrected chi connectivity index (χ4v) is 4.35. The number of esters is 1. The number of fused-ring (bicyclic) bond motifs is 1. The maximum absolute atomic E-state index is 13.7. The summed E-state index contributed by atoms with van der Waals surface area (Å²) in [6.07, 6.45) is 0. The molecule has 0 aliphatic carbocycles. The SMILES string of the molecule is COC(=O)C1=C(N)Oc2cc(C)n(CCN3CCOCC3)c(=O)c2[C@@H]1c1ccc(Cl)cc1. The van der Waals surface area contributed by atoms with Crippen LogP contribution in [0, 0.1) is 6.92 Å². The molecule has 0 unspecified atom stereocenters. The molecule has 1 saturated heterocycles. The van der Waals surface area contributed by atoms with Crippen molar-refractivity contribution in [3.8, 4) is 5.75 Å². The van der Waals surface area contributed by atoms with Crippen LogP contribution in [0.15, 0.2) is 46.6 Å². The molecule has 1 aromatic heterocycles. The summed E-state index contributed by atoms with van der Waals surface area (Å²) in [5, 5.41) is 0.546. The van der Waals surface area contributed by atoms with Crippen molar-refractivity contribution in [2.75, 3.05) is 40.0 Å². The van der Waals surface area contributed by atoms with Gasteiger partial charge in [0.05, 0.1) is 31.8 Å². The lowest BCUT2D eigenvalue weighted by atomic mass is 9.83. The number of methoxy groups -OCH3 is 1. The van der Waals surface area contributed by atoms with Gasteiger partial charge in [-0.2, -0.15) is 0 Å². The van der Waals surface area contributed by atoms with Gasteiger partial charge in [-0.15, -0.1) is 0 Å². The highest BCUT2D eigenvalue weighted by atomic mass is 35.5. The smallest absolute Gasteiger partial charge is 0.340 e. The monoisotopic (exact) mass is 459 g/mol. The molecule has 0 saturated carbocycles. The topological polar surface area (TPSA) is 96.0 Å². The van der Waals surface area contributed by atoms with Crippen molar-refractivity contribution in [3.63, 3.8) is 0 Å². The molecule has 2 N–H and O–H groups in total. The van der Waals surface area contributed by atoms with E-state index in [9.17, 15) is 9.59 Å². The van der Waals surface area contributed by atoms with Gasteiger partial charge in [0.2, 0.25) is 5.88 Å². The van der Waals surface area contributed by atoms with Crippen molar-refractivity contribution >= 4 is 17.6 Å². The lowest BCUT2D eigenvalue weighted by molar-refractivity contribution is -0.136. The third-order valence-electron chi connectivity index (χ3n) is 5.92. The first-order valence-electron chi connectivity index (χ1n) is 10.5. The number of hydrogen-bond acceptors (Lipinski definition) is 7. The lowest BCUT2D eigenvalue weighted by Crippen LogP contribution is -2.40. The Kier molecular flexibility index (Phi) is 6.55. The van der Waals surface area contributed by atoms with Gasteiger partial charge in [0.1, 0.15) is 11.3 Å². The van der Waals surface area contributed by atoms with E-state index in [1.807, 2.05) is 6.92 Å². The summed E-state index contributed by atoms with van der Waals surface area (Å²) in [5.41, 5.74) is 7.81. The van der Waals surface area contributed by atoms with E-state index in [2.05, 4.69) is 4.90 Å². The third-order valence-corrected chi connectivity index (χ3v) is 6.17. The first-order chi connectivity index (χ1) is 15.4. The highest BCUT2D eigenvalue weighted by Gasteiger charge is 2.38. The molecule has 9 heteroatoms.